The Balaban J connectivity index is 1.29. The number of Topliss-reactive ketones (excluding diaryl/α,β-unsaturated/α-hetero) is 1. The van der Waals surface area contributed by atoms with Crippen LogP contribution < -0.4 is 5.11 Å². The number of hydrogen-bond acceptors (Lipinski definition) is 3. The first-order valence-corrected chi connectivity index (χ1v) is 17.7. The molecule has 1 aliphatic heterocycles. The quantitative estimate of drug-likeness (QED) is 0.0968. The van der Waals surface area contributed by atoms with E-state index in [2.05, 4.69) is 45.2 Å². The zero-order valence-corrected chi connectivity index (χ0v) is 30.7. The Morgan fingerprint density at radius 2 is 1.23 bits per heavy atom. The van der Waals surface area contributed by atoms with Crippen LogP contribution in [0.5, 0.6) is 0 Å². The van der Waals surface area contributed by atoms with Crippen molar-refractivity contribution in [3.8, 4) is 22.6 Å². The van der Waals surface area contributed by atoms with Gasteiger partial charge in [0.15, 0.2) is 5.78 Å². The molecule has 0 saturated carbocycles. The molecule has 1 aliphatic carbocycles. The highest BCUT2D eigenvalue weighted by Crippen LogP contribution is 2.38. The Bertz CT molecular complexity index is 2260. The lowest BCUT2D eigenvalue weighted by Gasteiger charge is -2.29. The summed E-state index contributed by atoms with van der Waals surface area (Å²) >= 11 is 17.5. The normalized spacial score (nSPS) is 16.0. The number of carbonyl (C=O) groups is 1. The molecule has 4 aromatic carbocycles. The first-order valence-electron chi connectivity index (χ1n) is 14.7. The zero-order valence-electron chi connectivity index (χ0n) is 24.8. The van der Waals surface area contributed by atoms with Crippen LogP contribution >= 0.6 is 68.4 Å². The fourth-order valence-corrected chi connectivity index (χ4v) is 6.52. The van der Waals surface area contributed by atoms with E-state index in [1.54, 1.807) is 36.4 Å². The Morgan fingerprint density at radius 3 is 1.85 bits per heavy atom. The van der Waals surface area contributed by atoms with Gasteiger partial charge < -0.3 is 9.84 Å². The van der Waals surface area contributed by atoms with E-state index in [4.69, 9.17) is 32.4 Å². The smallest absolute Gasteiger partial charge is 0.362 e. The molecule has 0 radical (unpaired) electrons. The van der Waals surface area contributed by atoms with Crippen molar-refractivity contribution in [1.29, 1.82) is 0 Å². The average molecular weight is 891 g/mol. The van der Waals surface area contributed by atoms with Gasteiger partial charge in [0.05, 0.1) is 33.3 Å². The number of benzene rings is 4. The van der Waals surface area contributed by atoms with E-state index in [0.29, 0.717) is 55.3 Å². The summed E-state index contributed by atoms with van der Waals surface area (Å²) in [5, 5.41) is 14.6. The number of hydrogen-bond donors (Lipinski definition) is 0. The van der Waals surface area contributed by atoms with Crippen LogP contribution in [0.25, 0.3) is 40.2 Å². The SMILES string of the molecule is O=C1C(=Cc2cc(-c3ccc(I)cc3)[o+]c(-c3ccccc3Cl)c2)C([O-])=C1C=C1C=C(c2ccc(I)cc2)OC(c2ccccc2Cl)=C1. The standard InChI is InChI=1S/C40H22Cl2I2O4/c41-33-7-3-1-5-29(33)37-21-23(19-35(47-37)25-9-13-27(43)14-10-25)17-31-39(45)32(40(31)46)18-24-20-36(26-11-15-28(44)16-12-26)48-38(22-24)30-6-2-4-8-34(30)42/h1-22H. The molecule has 0 amide bonds. The lowest BCUT2D eigenvalue weighted by molar-refractivity contribution is -0.300. The van der Waals surface area contributed by atoms with Gasteiger partial charge in [-0.25, -0.2) is 4.42 Å². The maximum absolute atomic E-state index is 13.5. The summed E-state index contributed by atoms with van der Waals surface area (Å²) in [7, 11) is 0. The Hall–Kier alpha value is -3.96. The maximum Gasteiger partial charge on any atom is 0.362 e. The van der Waals surface area contributed by atoms with Crippen LogP contribution in [0.2, 0.25) is 10.0 Å². The molecule has 0 bridgehead atoms. The van der Waals surface area contributed by atoms with Crippen molar-refractivity contribution >= 4 is 91.8 Å². The third-order valence-corrected chi connectivity index (χ3v) is 9.87. The number of carbonyl (C=O) groups excluding carboxylic acids is 1. The van der Waals surface area contributed by atoms with E-state index in [9.17, 15) is 9.90 Å². The van der Waals surface area contributed by atoms with Crippen molar-refractivity contribution in [2.24, 2.45) is 0 Å². The summed E-state index contributed by atoms with van der Waals surface area (Å²) in [5.74, 6) is 1.50. The highest BCUT2D eigenvalue weighted by atomic mass is 127. The minimum absolute atomic E-state index is 0.0934. The summed E-state index contributed by atoms with van der Waals surface area (Å²) in [6, 6.07) is 34.1. The molecule has 2 aliphatic rings. The minimum Gasteiger partial charge on any atom is -0.871 e. The van der Waals surface area contributed by atoms with Gasteiger partial charge in [-0.05, 0) is 141 Å². The van der Waals surface area contributed by atoms with Gasteiger partial charge in [0.2, 0.25) is 0 Å². The third kappa shape index (κ3) is 6.80. The summed E-state index contributed by atoms with van der Waals surface area (Å²) in [6.07, 6.45) is 6.83. The molecule has 0 atom stereocenters. The summed E-state index contributed by atoms with van der Waals surface area (Å²) in [4.78, 5) is 13.5. The largest absolute Gasteiger partial charge is 0.871 e. The maximum atomic E-state index is 13.5. The second-order valence-electron chi connectivity index (χ2n) is 11.0. The number of allylic oxidation sites excluding steroid dienone is 6. The lowest BCUT2D eigenvalue weighted by atomic mass is 9.85. The van der Waals surface area contributed by atoms with Gasteiger partial charge in [-0.2, -0.15) is 0 Å². The van der Waals surface area contributed by atoms with E-state index in [1.165, 1.54) is 0 Å². The molecule has 7 rings (SSSR count). The minimum atomic E-state index is -0.341. The van der Waals surface area contributed by atoms with Crippen molar-refractivity contribution in [3.63, 3.8) is 0 Å². The number of rotatable bonds is 6. The molecule has 0 N–H and O–H groups in total. The van der Waals surface area contributed by atoms with E-state index < -0.39 is 0 Å². The van der Waals surface area contributed by atoms with Crippen LogP contribution in [0.3, 0.4) is 0 Å². The second-order valence-corrected chi connectivity index (χ2v) is 14.3. The molecule has 4 nitrogen and oxygen atoms in total. The van der Waals surface area contributed by atoms with Gasteiger partial charge in [-0.1, -0.05) is 65.4 Å². The van der Waals surface area contributed by atoms with Crippen LogP contribution in [0.15, 0.2) is 154 Å². The number of ketones is 1. The number of halogens is 4. The molecule has 0 saturated heterocycles. The number of ether oxygens (including phenoxy) is 1. The summed E-state index contributed by atoms with van der Waals surface area (Å²) < 4.78 is 14.8. The van der Waals surface area contributed by atoms with E-state index in [0.717, 1.165) is 18.3 Å². The van der Waals surface area contributed by atoms with Gasteiger partial charge >= 0.3 is 11.5 Å². The van der Waals surface area contributed by atoms with Crippen molar-refractivity contribution in [2.75, 3.05) is 0 Å². The summed E-state index contributed by atoms with van der Waals surface area (Å²) in [5.41, 5.74) is 4.57. The molecule has 48 heavy (non-hydrogen) atoms. The molecule has 0 unspecified atom stereocenters. The van der Waals surface area contributed by atoms with Crippen LogP contribution in [0.1, 0.15) is 16.7 Å². The van der Waals surface area contributed by atoms with E-state index in [-0.39, 0.29) is 22.7 Å². The topological polar surface area (TPSA) is 60.7 Å². The van der Waals surface area contributed by atoms with Crippen LogP contribution in [0.4, 0.5) is 0 Å². The zero-order chi connectivity index (χ0) is 33.4. The molecule has 2 heterocycles. The third-order valence-electron chi connectivity index (χ3n) is 7.77. The van der Waals surface area contributed by atoms with Gasteiger partial charge in [-0.3, -0.25) is 4.79 Å². The first kappa shape index (κ1) is 32.6. The van der Waals surface area contributed by atoms with E-state index >= 15 is 0 Å². The molecular formula is C40H22Cl2I2O4. The molecule has 5 aromatic rings. The van der Waals surface area contributed by atoms with Crippen LogP contribution in [0, 0.1) is 7.14 Å². The molecule has 0 spiro atoms. The van der Waals surface area contributed by atoms with Crippen molar-refractivity contribution in [2.45, 2.75) is 0 Å². The van der Waals surface area contributed by atoms with Crippen molar-refractivity contribution < 1.29 is 19.1 Å². The highest BCUT2D eigenvalue weighted by Gasteiger charge is 2.28. The molecule has 234 valence electrons. The molecule has 8 heteroatoms. The molecular weight excluding hydrogens is 869 g/mol. The predicted octanol–water partition coefficient (Wildman–Crippen LogP) is 11.0. The second kappa shape index (κ2) is 13.9. The Morgan fingerprint density at radius 1 is 0.667 bits per heavy atom. The molecule has 0 fully saturated rings. The lowest BCUT2D eigenvalue weighted by Crippen LogP contribution is -2.29. The van der Waals surface area contributed by atoms with Crippen LogP contribution in [-0.2, 0) is 9.53 Å². The fraction of sp³-hybridized carbons (Fsp3) is 0. The average Bonchev–Trinajstić information content (AvgIpc) is 3.10. The molecule has 1 aromatic heterocycles. The first-order chi connectivity index (χ1) is 23.2. The van der Waals surface area contributed by atoms with Gasteiger partial charge in [0.1, 0.15) is 11.5 Å². The van der Waals surface area contributed by atoms with Crippen molar-refractivity contribution in [1.82, 2.24) is 0 Å². The summed E-state index contributed by atoms with van der Waals surface area (Å²) in [6.45, 7) is 0. The Kier molecular flexibility index (Phi) is 9.42. The van der Waals surface area contributed by atoms with Crippen LogP contribution in [-0.4, -0.2) is 5.78 Å². The Labute approximate surface area is 314 Å². The van der Waals surface area contributed by atoms with E-state index in [1.807, 2.05) is 97.1 Å². The van der Waals surface area contributed by atoms with Gasteiger partial charge in [-0.15, -0.1) is 0 Å². The highest BCUT2D eigenvalue weighted by molar-refractivity contribution is 14.1. The predicted molar refractivity (Wildman–Crippen MR) is 207 cm³/mol. The fourth-order valence-electron chi connectivity index (χ4n) is 5.34. The monoisotopic (exact) mass is 890 g/mol. The van der Waals surface area contributed by atoms with Gasteiger partial charge in [0.25, 0.3) is 0 Å². The van der Waals surface area contributed by atoms with Crippen molar-refractivity contribution in [3.05, 3.63) is 184 Å². The van der Waals surface area contributed by atoms with Gasteiger partial charge in [0, 0.05) is 29.4 Å².